The van der Waals surface area contributed by atoms with Gasteiger partial charge >= 0.3 is 0 Å². The van der Waals surface area contributed by atoms with E-state index in [0.717, 1.165) is 19.3 Å². The van der Waals surface area contributed by atoms with Crippen LogP contribution in [0, 0.1) is 5.92 Å². The molecule has 0 unspecified atom stereocenters. The molecule has 1 fully saturated rings. The van der Waals surface area contributed by atoms with Gasteiger partial charge in [0.15, 0.2) is 10.9 Å². The molecule has 1 amide bonds. The number of benzene rings is 1. The van der Waals surface area contributed by atoms with Crippen molar-refractivity contribution < 1.29 is 9.53 Å². The smallest absolute Gasteiger partial charge is 0.278 e. The van der Waals surface area contributed by atoms with Crippen molar-refractivity contribution in [1.82, 2.24) is 20.5 Å². The number of hydrogen-bond acceptors (Lipinski definition) is 6. The van der Waals surface area contributed by atoms with Gasteiger partial charge in [-0.25, -0.2) is 0 Å². The number of aromatic amines is 1. The van der Waals surface area contributed by atoms with Crippen LogP contribution in [0.2, 0.25) is 0 Å². The van der Waals surface area contributed by atoms with Crippen molar-refractivity contribution in [2.75, 3.05) is 12.9 Å². The zero-order chi connectivity index (χ0) is 19.2. The van der Waals surface area contributed by atoms with E-state index in [4.69, 9.17) is 4.74 Å². The second-order valence-corrected chi connectivity index (χ2v) is 7.72. The van der Waals surface area contributed by atoms with E-state index in [-0.39, 0.29) is 29.0 Å². The van der Waals surface area contributed by atoms with Crippen LogP contribution in [0.3, 0.4) is 0 Å². The molecule has 2 N–H and O–H groups in total. The second kappa shape index (κ2) is 9.03. The number of hydrogen-bond donors (Lipinski definition) is 2. The third-order valence-corrected chi connectivity index (χ3v) is 5.70. The molecule has 144 valence electrons. The van der Waals surface area contributed by atoms with Crippen LogP contribution in [0.25, 0.3) is 11.3 Å². The van der Waals surface area contributed by atoms with E-state index >= 15 is 0 Å². The summed E-state index contributed by atoms with van der Waals surface area (Å²) in [6.07, 6.45) is 4.59. The average Bonchev–Trinajstić information content (AvgIpc) is 2.68. The normalized spacial score (nSPS) is 19.5. The Morgan fingerprint density at radius 2 is 2.00 bits per heavy atom. The third kappa shape index (κ3) is 5.09. The van der Waals surface area contributed by atoms with Gasteiger partial charge in [0.25, 0.3) is 5.56 Å². The topological polar surface area (TPSA) is 97.0 Å². The van der Waals surface area contributed by atoms with Crippen molar-refractivity contribution >= 4 is 17.7 Å². The fraction of sp³-hybridized carbons (Fsp3) is 0.474. The first-order valence-corrected chi connectivity index (χ1v) is 10.1. The summed E-state index contributed by atoms with van der Waals surface area (Å²) >= 11 is 1.18. The summed E-state index contributed by atoms with van der Waals surface area (Å²) in [7, 11) is 1.58. The van der Waals surface area contributed by atoms with Gasteiger partial charge in [-0.15, -0.1) is 10.2 Å². The van der Waals surface area contributed by atoms with Crippen LogP contribution in [-0.4, -0.2) is 40.0 Å². The van der Waals surface area contributed by atoms with E-state index in [1.807, 2.05) is 0 Å². The van der Waals surface area contributed by atoms with Gasteiger partial charge in [0, 0.05) is 11.6 Å². The first-order chi connectivity index (χ1) is 13.1. The summed E-state index contributed by atoms with van der Waals surface area (Å²) in [4.78, 5) is 27.2. The maximum Gasteiger partial charge on any atom is 0.278 e. The Balaban J connectivity index is 1.58. The van der Waals surface area contributed by atoms with Crippen molar-refractivity contribution in [1.29, 1.82) is 0 Å². The van der Waals surface area contributed by atoms with Crippen LogP contribution in [0.5, 0.6) is 5.75 Å². The van der Waals surface area contributed by atoms with Gasteiger partial charge in [0.2, 0.25) is 5.91 Å². The first kappa shape index (κ1) is 19.4. The van der Waals surface area contributed by atoms with Gasteiger partial charge in [-0.3, -0.25) is 14.6 Å². The van der Waals surface area contributed by atoms with Crippen molar-refractivity contribution in [3.8, 4) is 17.0 Å². The molecule has 1 aliphatic carbocycles. The minimum absolute atomic E-state index is 0.0411. The molecule has 0 spiro atoms. The fourth-order valence-electron chi connectivity index (χ4n) is 3.24. The van der Waals surface area contributed by atoms with Crippen molar-refractivity contribution in [3.05, 3.63) is 34.6 Å². The Kier molecular flexibility index (Phi) is 6.49. The molecule has 1 aliphatic rings. The molecule has 0 saturated heterocycles. The van der Waals surface area contributed by atoms with E-state index < -0.39 is 0 Å². The van der Waals surface area contributed by atoms with Crippen LogP contribution in [0.4, 0.5) is 0 Å². The molecule has 3 rings (SSSR count). The van der Waals surface area contributed by atoms with E-state index in [1.165, 1.54) is 18.2 Å². The second-order valence-electron chi connectivity index (χ2n) is 6.76. The standard InChI is InChI=1S/C19H24N4O3S/c1-12-5-3-4-6-15(12)20-16(24)11-27-19-21-18(25)17(22-23-19)13-7-9-14(26-2)10-8-13/h7-10,12,15H,3-6,11H2,1-2H3,(H,20,24)(H,21,23,25)/t12-,15+/m1/s1. The number of nitrogens with zero attached hydrogens (tertiary/aromatic N) is 2. The minimum atomic E-state index is -0.334. The van der Waals surface area contributed by atoms with E-state index in [0.29, 0.717) is 22.4 Å². The highest BCUT2D eigenvalue weighted by Gasteiger charge is 2.22. The Hall–Kier alpha value is -2.35. The highest BCUT2D eigenvalue weighted by molar-refractivity contribution is 7.99. The van der Waals surface area contributed by atoms with Gasteiger partial charge in [-0.2, -0.15) is 0 Å². The van der Waals surface area contributed by atoms with E-state index in [1.54, 1.807) is 31.4 Å². The number of nitrogens with one attached hydrogen (secondary N) is 2. The van der Waals surface area contributed by atoms with Gasteiger partial charge in [0.05, 0.1) is 12.9 Å². The highest BCUT2D eigenvalue weighted by atomic mass is 32.2. The van der Waals surface area contributed by atoms with Gasteiger partial charge < -0.3 is 10.1 Å². The molecule has 0 aliphatic heterocycles. The first-order valence-electron chi connectivity index (χ1n) is 9.10. The molecular weight excluding hydrogens is 364 g/mol. The van der Waals surface area contributed by atoms with Crippen LogP contribution >= 0.6 is 11.8 Å². The third-order valence-electron chi connectivity index (χ3n) is 4.84. The molecule has 8 heteroatoms. The zero-order valence-corrected chi connectivity index (χ0v) is 16.3. The number of rotatable bonds is 6. The molecule has 7 nitrogen and oxygen atoms in total. The number of carbonyl (C=O) groups is 1. The Morgan fingerprint density at radius 3 is 2.67 bits per heavy atom. The Labute approximate surface area is 162 Å². The minimum Gasteiger partial charge on any atom is -0.497 e. The van der Waals surface area contributed by atoms with Crippen molar-refractivity contribution in [2.45, 2.75) is 43.8 Å². The quantitative estimate of drug-likeness (QED) is 0.739. The summed E-state index contributed by atoms with van der Waals surface area (Å²) in [6, 6.07) is 7.27. The van der Waals surface area contributed by atoms with Crippen LogP contribution in [-0.2, 0) is 4.79 Å². The highest BCUT2D eigenvalue weighted by Crippen LogP contribution is 2.24. The number of H-pyrrole nitrogens is 1. The molecule has 2 aromatic rings. The number of thioether (sulfide) groups is 1. The number of methoxy groups -OCH3 is 1. The van der Waals surface area contributed by atoms with Crippen LogP contribution < -0.4 is 15.6 Å². The molecule has 1 heterocycles. The Morgan fingerprint density at radius 1 is 1.26 bits per heavy atom. The summed E-state index contributed by atoms with van der Waals surface area (Å²) in [5.74, 6) is 1.38. The lowest BCUT2D eigenvalue weighted by atomic mass is 9.86. The monoisotopic (exact) mass is 388 g/mol. The lowest BCUT2D eigenvalue weighted by Crippen LogP contribution is -2.41. The zero-order valence-electron chi connectivity index (χ0n) is 15.5. The molecule has 1 aromatic heterocycles. The summed E-state index contributed by atoms with van der Waals surface area (Å²) < 4.78 is 5.11. The van der Waals surface area contributed by atoms with E-state index in [2.05, 4.69) is 27.4 Å². The van der Waals surface area contributed by atoms with Gasteiger partial charge in [-0.05, 0) is 43.0 Å². The maximum atomic E-state index is 12.3. The lowest BCUT2D eigenvalue weighted by molar-refractivity contribution is -0.119. The number of carbonyl (C=O) groups excluding carboxylic acids is 1. The molecule has 0 radical (unpaired) electrons. The van der Waals surface area contributed by atoms with Crippen molar-refractivity contribution in [3.63, 3.8) is 0 Å². The SMILES string of the molecule is COc1ccc(-c2nnc(SCC(=O)N[C@H]3CCCC[C@H]3C)[nH]c2=O)cc1. The fourth-order valence-corrected chi connectivity index (χ4v) is 3.85. The molecule has 1 saturated carbocycles. The summed E-state index contributed by atoms with van der Waals surface area (Å²) in [6.45, 7) is 2.18. The number of amides is 1. The molecule has 2 atom stereocenters. The predicted octanol–water partition coefficient (Wildman–Crippen LogP) is 2.63. The Bertz CT molecular complexity index is 838. The van der Waals surface area contributed by atoms with Crippen molar-refractivity contribution in [2.24, 2.45) is 5.92 Å². The lowest BCUT2D eigenvalue weighted by Gasteiger charge is -2.29. The average molecular weight is 388 g/mol. The van der Waals surface area contributed by atoms with Crippen LogP contribution in [0.15, 0.2) is 34.2 Å². The molecular formula is C19H24N4O3S. The summed E-state index contributed by atoms with van der Waals surface area (Å²) in [5, 5.41) is 11.5. The molecule has 27 heavy (non-hydrogen) atoms. The summed E-state index contributed by atoms with van der Waals surface area (Å²) in [5.41, 5.74) is 0.562. The maximum absolute atomic E-state index is 12.3. The van der Waals surface area contributed by atoms with Gasteiger partial charge in [0.1, 0.15) is 5.75 Å². The van der Waals surface area contributed by atoms with E-state index in [9.17, 15) is 9.59 Å². The largest absolute Gasteiger partial charge is 0.497 e. The molecule has 0 bridgehead atoms. The number of aromatic nitrogens is 3. The number of ether oxygens (including phenoxy) is 1. The predicted molar refractivity (Wildman–Crippen MR) is 105 cm³/mol. The van der Waals surface area contributed by atoms with Crippen LogP contribution in [0.1, 0.15) is 32.6 Å². The molecule has 1 aromatic carbocycles. The van der Waals surface area contributed by atoms with Gasteiger partial charge in [-0.1, -0.05) is 31.5 Å².